The van der Waals surface area contributed by atoms with Gasteiger partial charge in [-0.05, 0) is 30.7 Å². The zero-order valence-corrected chi connectivity index (χ0v) is 15.3. The van der Waals surface area contributed by atoms with Crippen LogP contribution >= 0.6 is 11.3 Å². The molecule has 1 aromatic carbocycles. The SMILES string of the molecule is Cc1nccc(N2CCN(c3nnc(Cc4ccc(F)cc4)s3)CC2)n1. The summed E-state index contributed by atoms with van der Waals surface area (Å²) in [4.78, 5) is 13.2. The minimum Gasteiger partial charge on any atom is -0.353 e. The normalized spacial score (nSPS) is 14.7. The van der Waals surface area contributed by atoms with E-state index in [9.17, 15) is 4.39 Å². The zero-order chi connectivity index (χ0) is 17.9. The molecule has 0 N–H and O–H groups in total. The lowest BCUT2D eigenvalue weighted by atomic mass is 10.2. The van der Waals surface area contributed by atoms with Gasteiger partial charge in [0.2, 0.25) is 5.13 Å². The summed E-state index contributed by atoms with van der Waals surface area (Å²) in [6.45, 7) is 5.46. The first-order valence-electron chi connectivity index (χ1n) is 8.54. The van der Waals surface area contributed by atoms with Gasteiger partial charge in [-0.2, -0.15) is 0 Å². The van der Waals surface area contributed by atoms with Crippen molar-refractivity contribution in [3.05, 3.63) is 58.7 Å². The van der Waals surface area contributed by atoms with Crippen molar-refractivity contribution >= 4 is 22.3 Å². The molecule has 0 aliphatic carbocycles. The van der Waals surface area contributed by atoms with Gasteiger partial charge < -0.3 is 9.80 Å². The summed E-state index contributed by atoms with van der Waals surface area (Å²) in [7, 11) is 0. The number of halogens is 1. The predicted octanol–water partition coefficient (Wildman–Crippen LogP) is 2.69. The van der Waals surface area contributed by atoms with Crippen LogP contribution in [-0.2, 0) is 6.42 Å². The van der Waals surface area contributed by atoms with E-state index in [4.69, 9.17) is 0 Å². The van der Waals surface area contributed by atoms with Crippen molar-refractivity contribution in [1.29, 1.82) is 0 Å². The number of benzene rings is 1. The lowest BCUT2D eigenvalue weighted by molar-refractivity contribution is 0.627. The Kier molecular flexibility index (Phi) is 4.75. The number of aryl methyl sites for hydroxylation is 1. The van der Waals surface area contributed by atoms with Gasteiger partial charge in [0, 0.05) is 38.8 Å². The second-order valence-electron chi connectivity index (χ2n) is 6.22. The summed E-state index contributed by atoms with van der Waals surface area (Å²) >= 11 is 1.60. The Balaban J connectivity index is 1.37. The molecule has 1 aliphatic rings. The van der Waals surface area contributed by atoms with Gasteiger partial charge in [0.05, 0.1) is 0 Å². The molecular formula is C18H19FN6S. The molecule has 0 unspecified atom stereocenters. The predicted molar refractivity (Wildman–Crippen MR) is 100 cm³/mol. The molecule has 134 valence electrons. The average molecular weight is 370 g/mol. The van der Waals surface area contributed by atoms with Crippen LogP contribution in [0.2, 0.25) is 0 Å². The number of hydrogen-bond acceptors (Lipinski definition) is 7. The van der Waals surface area contributed by atoms with E-state index in [0.717, 1.165) is 53.5 Å². The van der Waals surface area contributed by atoms with Crippen LogP contribution in [0.25, 0.3) is 0 Å². The Morgan fingerprint density at radius 3 is 2.46 bits per heavy atom. The molecule has 1 fully saturated rings. The van der Waals surface area contributed by atoms with Crippen LogP contribution in [0.4, 0.5) is 15.3 Å². The molecule has 0 amide bonds. The molecule has 0 spiro atoms. The Morgan fingerprint density at radius 2 is 1.73 bits per heavy atom. The highest BCUT2D eigenvalue weighted by Crippen LogP contribution is 2.24. The third kappa shape index (κ3) is 3.80. The smallest absolute Gasteiger partial charge is 0.208 e. The average Bonchev–Trinajstić information content (AvgIpc) is 3.12. The number of hydrogen-bond donors (Lipinski definition) is 0. The number of aromatic nitrogens is 4. The lowest BCUT2D eigenvalue weighted by Gasteiger charge is -2.35. The molecule has 4 rings (SSSR count). The molecule has 0 atom stereocenters. The van der Waals surface area contributed by atoms with Crippen molar-refractivity contribution in [1.82, 2.24) is 20.2 Å². The van der Waals surface area contributed by atoms with E-state index in [0.29, 0.717) is 6.42 Å². The molecule has 3 heterocycles. The fourth-order valence-electron chi connectivity index (χ4n) is 2.97. The van der Waals surface area contributed by atoms with E-state index in [2.05, 4.69) is 30.0 Å². The van der Waals surface area contributed by atoms with Crippen LogP contribution in [0.15, 0.2) is 36.5 Å². The Bertz CT molecular complexity index is 873. The lowest BCUT2D eigenvalue weighted by Crippen LogP contribution is -2.46. The first kappa shape index (κ1) is 16.8. The van der Waals surface area contributed by atoms with E-state index in [-0.39, 0.29) is 5.82 Å². The van der Waals surface area contributed by atoms with Gasteiger partial charge in [0.25, 0.3) is 0 Å². The number of piperazine rings is 1. The van der Waals surface area contributed by atoms with Crippen molar-refractivity contribution in [2.75, 3.05) is 36.0 Å². The molecule has 8 heteroatoms. The third-order valence-corrected chi connectivity index (χ3v) is 5.34. The van der Waals surface area contributed by atoms with Crippen LogP contribution in [0.5, 0.6) is 0 Å². The zero-order valence-electron chi connectivity index (χ0n) is 14.5. The Labute approximate surface area is 155 Å². The highest BCUT2D eigenvalue weighted by molar-refractivity contribution is 7.15. The van der Waals surface area contributed by atoms with Crippen LogP contribution in [0.1, 0.15) is 16.4 Å². The molecule has 0 bridgehead atoms. The molecule has 6 nitrogen and oxygen atoms in total. The monoisotopic (exact) mass is 370 g/mol. The standard InChI is InChI=1S/C18H19FN6S/c1-13-20-7-6-16(21-13)24-8-10-25(11-9-24)18-23-22-17(26-18)12-14-2-4-15(19)5-3-14/h2-7H,8-12H2,1H3. The quantitative estimate of drug-likeness (QED) is 0.704. The van der Waals surface area contributed by atoms with Gasteiger partial charge in [0.15, 0.2) is 0 Å². The number of anilines is 2. The maximum Gasteiger partial charge on any atom is 0.208 e. The molecule has 1 saturated heterocycles. The van der Waals surface area contributed by atoms with Crippen molar-refractivity contribution in [3.8, 4) is 0 Å². The highest BCUT2D eigenvalue weighted by Gasteiger charge is 2.21. The van der Waals surface area contributed by atoms with Crippen LogP contribution in [0.3, 0.4) is 0 Å². The largest absolute Gasteiger partial charge is 0.353 e. The molecule has 26 heavy (non-hydrogen) atoms. The maximum absolute atomic E-state index is 13.0. The first-order valence-corrected chi connectivity index (χ1v) is 9.35. The fourth-order valence-corrected chi connectivity index (χ4v) is 3.89. The second kappa shape index (κ2) is 7.33. The summed E-state index contributed by atoms with van der Waals surface area (Å²) in [5, 5.41) is 10.5. The van der Waals surface area contributed by atoms with E-state index >= 15 is 0 Å². The van der Waals surface area contributed by atoms with Gasteiger partial charge in [-0.3, -0.25) is 0 Å². The summed E-state index contributed by atoms with van der Waals surface area (Å²) in [5.41, 5.74) is 1.04. The van der Waals surface area contributed by atoms with Gasteiger partial charge in [-0.1, -0.05) is 23.5 Å². The molecular weight excluding hydrogens is 351 g/mol. The molecule has 3 aromatic rings. The van der Waals surface area contributed by atoms with Gasteiger partial charge in [-0.15, -0.1) is 10.2 Å². The van der Waals surface area contributed by atoms with Crippen molar-refractivity contribution < 1.29 is 4.39 Å². The summed E-state index contributed by atoms with van der Waals surface area (Å²) < 4.78 is 13.0. The van der Waals surface area contributed by atoms with E-state index < -0.39 is 0 Å². The van der Waals surface area contributed by atoms with Gasteiger partial charge in [0.1, 0.15) is 22.5 Å². The summed E-state index contributed by atoms with van der Waals surface area (Å²) in [5.74, 6) is 1.55. The van der Waals surface area contributed by atoms with E-state index in [1.54, 1.807) is 29.7 Å². The van der Waals surface area contributed by atoms with E-state index in [1.165, 1.54) is 12.1 Å². The highest BCUT2D eigenvalue weighted by atomic mass is 32.1. The molecule has 2 aromatic heterocycles. The number of nitrogens with zero attached hydrogens (tertiary/aromatic N) is 6. The first-order chi connectivity index (χ1) is 12.7. The van der Waals surface area contributed by atoms with E-state index in [1.807, 2.05) is 13.0 Å². The van der Waals surface area contributed by atoms with Crippen molar-refractivity contribution in [2.45, 2.75) is 13.3 Å². The van der Waals surface area contributed by atoms with Crippen molar-refractivity contribution in [3.63, 3.8) is 0 Å². The number of rotatable bonds is 4. The van der Waals surface area contributed by atoms with Crippen molar-refractivity contribution in [2.24, 2.45) is 0 Å². The van der Waals surface area contributed by atoms with Gasteiger partial charge in [-0.25, -0.2) is 14.4 Å². The molecule has 1 aliphatic heterocycles. The Hall–Kier alpha value is -2.61. The summed E-state index contributed by atoms with van der Waals surface area (Å²) in [6.07, 6.45) is 2.48. The minimum atomic E-state index is -0.219. The Morgan fingerprint density at radius 1 is 1.00 bits per heavy atom. The van der Waals surface area contributed by atoms with Gasteiger partial charge >= 0.3 is 0 Å². The fraction of sp³-hybridized carbons (Fsp3) is 0.333. The van der Waals surface area contributed by atoms with Crippen LogP contribution in [-0.4, -0.2) is 46.3 Å². The van der Waals surface area contributed by atoms with Crippen LogP contribution in [0, 0.1) is 12.7 Å². The topological polar surface area (TPSA) is 58.0 Å². The molecule has 0 radical (unpaired) electrons. The summed E-state index contributed by atoms with van der Waals surface area (Å²) in [6, 6.07) is 8.49. The molecule has 0 saturated carbocycles. The maximum atomic E-state index is 13.0. The van der Waals surface area contributed by atoms with Crippen LogP contribution < -0.4 is 9.80 Å². The second-order valence-corrected chi connectivity index (χ2v) is 7.26. The third-order valence-electron chi connectivity index (χ3n) is 4.36. The minimum absolute atomic E-state index is 0.219.